The molecule has 0 aliphatic carbocycles. The molecule has 2 aromatic heterocycles. The first kappa shape index (κ1) is 15.9. The van der Waals surface area contributed by atoms with Crippen molar-refractivity contribution < 1.29 is 5.11 Å². The lowest BCUT2D eigenvalue weighted by molar-refractivity contribution is 0.188. The van der Waals surface area contributed by atoms with E-state index < -0.39 is 0 Å². The number of fused-ring (bicyclic) bond motifs is 1. The first-order valence-corrected chi connectivity index (χ1v) is 8.60. The van der Waals surface area contributed by atoms with Crippen LogP contribution in [0.5, 0.6) is 0 Å². The van der Waals surface area contributed by atoms with Gasteiger partial charge in [-0.1, -0.05) is 12.1 Å². The van der Waals surface area contributed by atoms with E-state index in [4.69, 9.17) is 15.1 Å². The highest BCUT2D eigenvalue weighted by Crippen LogP contribution is 2.28. The van der Waals surface area contributed by atoms with E-state index in [1.54, 1.807) is 12.4 Å². The number of nitrogens with zero attached hydrogens (tertiary/aromatic N) is 5. The summed E-state index contributed by atoms with van der Waals surface area (Å²) in [5.74, 6) is 1.72. The number of hydrogen-bond acceptors (Lipinski definition) is 6. The van der Waals surface area contributed by atoms with E-state index in [2.05, 4.69) is 20.9 Å². The van der Waals surface area contributed by atoms with Crippen molar-refractivity contribution in [1.29, 1.82) is 0 Å². The van der Waals surface area contributed by atoms with Gasteiger partial charge in [0.15, 0.2) is 5.82 Å². The van der Waals surface area contributed by atoms with E-state index in [1.165, 1.54) is 0 Å². The fourth-order valence-electron chi connectivity index (χ4n) is 3.26. The van der Waals surface area contributed by atoms with Crippen LogP contribution in [0.2, 0.25) is 0 Å². The summed E-state index contributed by atoms with van der Waals surface area (Å²) in [6.45, 7) is 4.61. The Kier molecular flexibility index (Phi) is 4.54. The summed E-state index contributed by atoms with van der Waals surface area (Å²) in [4.78, 5) is 18.3. The van der Waals surface area contributed by atoms with Gasteiger partial charge in [-0.15, -0.1) is 0 Å². The Labute approximate surface area is 146 Å². The molecule has 0 atom stereocenters. The van der Waals surface area contributed by atoms with Crippen LogP contribution in [-0.4, -0.2) is 64.3 Å². The highest BCUT2D eigenvalue weighted by atomic mass is 16.3. The molecule has 6 heteroatoms. The molecule has 0 saturated carbocycles. The molecule has 0 radical (unpaired) electrons. The van der Waals surface area contributed by atoms with E-state index in [0.29, 0.717) is 0 Å². The summed E-state index contributed by atoms with van der Waals surface area (Å²) in [5, 5.41) is 10.2. The number of pyridine rings is 1. The van der Waals surface area contributed by atoms with Crippen LogP contribution in [0.3, 0.4) is 0 Å². The highest BCUT2D eigenvalue weighted by Gasteiger charge is 2.20. The average molecular weight is 335 g/mol. The van der Waals surface area contributed by atoms with E-state index in [-0.39, 0.29) is 6.61 Å². The summed E-state index contributed by atoms with van der Waals surface area (Å²) in [6, 6.07) is 12.0. The molecule has 4 rings (SSSR count). The monoisotopic (exact) mass is 335 g/mol. The summed E-state index contributed by atoms with van der Waals surface area (Å²) < 4.78 is 0. The molecule has 3 heterocycles. The number of piperazine rings is 1. The van der Waals surface area contributed by atoms with Crippen LogP contribution >= 0.6 is 0 Å². The molecular formula is C19H21N5O. The lowest BCUT2D eigenvalue weighted by Crippen LogP contribution is -2.47. The minimum absolute atomic E-state index is 0.211. The van der Waals surface area contributed by atoms with Crippen LogP contribution in [-0.2, 0) is 0 Å². The van der Waals surface area contributed by atoms with Gasteiger partial charge in [0.05, 0.1) is 12.1 Å². The molecule has 0 bridgehead atoms. The standard InChI is InChI=1S/C19H21N5O/c25-14-13-23-9-11-24(12-10-23)19-16-3-1-2-4-17(16)21-18(22-19)15-5-7-20-8-6-15/h1-8,25H,9-14H2. The zero-order valence-electron chi connectivity index (χ0n) is 14.0. The molecule has 1 fully saturated rings. The summed E-state index contributed by atoms with van der Waals surface area (Å²) >= 11 is 0. The van der Waals surface area contributed by atoms with Crippen molar-refractivity contribution in [2.45, 2.75) is 0 Å². The van der Waals surface area contributed by atoms with Crippen LogP contribution in [0.25, 0.3) is 22.3 Å². The van der Waals surface area contributed by atoms with Gasteiger partial charge in [0.2, 0.25) is 0 Å². The van der Waals surface area contributed by atoms with Gasteiger partial charge in [-0.05, 0) is 24.3 Å². The second-order valence-electron chi connectivity index (χ2n) is 6.18. The number of β-amino-alcohol motifs (C(OH)–C–C–N with tert-alkyl or cyclic N) is 1. The van der Waals surface area contributed by atoms with Crippen LogP contribution in [0.4, 0.5) is 5.82 Å². The molecule has 3 aromatic rings. The topological polar surface area (TPSA) is 65.4 Å². The van der Waals surface area contributed by atoms with Gasteiger partial charge < -0.3 is 10.0 Å². The third-order valence-corrected chi connectivity index (χ3v) is 4.61. The third kappa shape index (κ3) is 3.31. The number of para-hydroxylation sites is 1. The molecule has 1 saturated heterocycles. The smallest absolute Gasteiger partial charge is 0.162 e. The quantitative estimate of drug-likeness (QED) is 0.784. The first-order valence-electron chi connectivity index (χ1n) is 8.60. The molecule has 128 valence electrons. The molecule has 1 aliphatic heterocycles. The maximum atomic E-state index is 9.12. The number of aliphatic hydroxyl groups is 1. The van der Waals surface area contributed by atoms with Crippen molar-refractivity contribution in [1.82, 2.24) is 19.9 Å². The minimum atomic E-state index is 0.211. The van der Waals surface area contributed by atoms with Gasteiger partial charge in [0.25, 0.3) is 0 Å². The van der Waals surface area contributed by atoms with Crippen molar-refractivity contribution in [3.63, 3.8) is 0 Å². The SMILES string of the molecule is OCCN1CCN(c2nc(-c3ccncc3)nc3ccccc23)CC1. The maximum Gasteiger partial charge on any atom is 0.162 e. The van der Waals surface area contributed by atoms with Gasteiger partial charge in [-0.3, -0.25) is 9.88 Å². The summed E-state index contributed by atoms with van der Waals surface area (Å²) in [5.41, 5.74) is 1.93. The number of aromatic nitrogens is 3. The molecule has 1 N–H and O–H groups in total. The molecule has 0 amide bonds. The third-order valence-electron chi connectivity index (χ3n) is 4.61. The van der Waals surface area contributed by atoms with E-state index in [9.17, 15) is 0 Å². The second kappa shape index (κ2) is 7.13. The first-order chi connectivity index (χ1) is 12.3. The Hall–Kier alpha value is -2.57. The van der Waals surface area contributed by atoms with Gasteiger partial charge >= 0.3 is 0 Å². The average Bonchev–Trinajstić information content (AvgIpc) is 2.69. The van der Waals surface area contributed by atoms with E-state index in [0.717, 1.165) is 60.8 Å². The molecule has 0 spiro atoms. The van der Waals surface area contributed by atoms with Gasteiger partial charge in [-0.2, -0.15) is 0 Å². The van der Waals surface area contributed by atoms with Gasteiger partial charge in [0.1, 0.15) is 5.82 Å². The minimum Gasteiger partial charge on any atom is -0.395 e. The molecule has 0 unspecified atom stereocenters. The zero-order valence-corrected chi connectivity index (χ0v) is 14.0. The number of rotatable bonds is 4. The summed E-state index contributed by atoms with van der Waals surface area (Å²) in [6.07, 6.45) is 3.53. The van der Waals surface area contributed by atoms with Crippen molar-refractivity contribution in [2.75, 3.05) is 44.2 Å². The van der Waals surface area contributed by atoms with Crippen LogP contribution in [0.1, 0.15) is 0 Å². The number of anilines is 1. The van der Waals surface area contributed by atoms with Crippen molar-refractivity contribution in [2.24, 2.45) is 0 Å². The van der Waals surface area contributed by atoms with Crippen molar-refractivity contribution >= 4 is 16.7 Å². The Balaban J connectivity index is 1.72. The number of hydrogen-bond donors (Lipinski definition) is 1. The number of aliphatic hydroxyl groups excluding tert-OH is 1. The van der Waals surface area contributed by atoms with Crippen molar-refractivity contribution in [3.8, 4) is 11.4 Å². The van der Waals surface area contributed by atoms with Crippen LogP contribution < -0.4 is 4.90 Å². The predicted molar refractivity (Wildman–Crippen MR) is 98.5 cm³/mol. The lowest BCUT2D eigenvalue weighted by atomic mass is 10.2. The molecule has 6 nitrogen and oxygen atoms in total. The molecule has 1 aromatic carbocycles. The maximum absolute atomic E-state index is 9.12. The Morgan fingerprint density at radius 2 is 1.68 bits per heavy atom. The zero-order chi connectivity index (χ0) is 17.1. The highest BCUT2D eigenvalue weighted by molar-refractivity contribution is 5.91. The van der Waals surface area contributed by atoms with Crippen LogP contribution in [0.15, 0.2) is 48.8 Å². The fourth-order valence-corrected chi connectivity index (χ4v) is 3.26. The molecular weight excluding hydrogens is 314 g/mol. The largest absolute Gasteiger partial charge is 0.395 e. The Morgan fingerprint density at radius 1 is 0.920 bits per heavy atom. The molecule has 25 heavy (non-hydrogen) atoms. The summed E-state index contributed by atoms with van der Waals surface area (Å²) in [7, 11) is 0. The second-order valence-corrected chi connectivity index (χ2v) is 6.18. The Bertz CT molecular complexity index is 847. The lowest BCUT2D eigenvalue weighted by Gasteiger charge is -2.35. The van der Waals surface area contributed by atoms with Gasteiger partial charge in [0, 0.05) is 56.1 Å². The normalized spacial score (nSPS) is 15.6. The Morgan fingerprint density at radius 3 is 2.44 bits per heavy atom. The fraction of sp³-hybridized carbons (Fsp3) is 0.316. The predicted octanol–water partition coefficient (Wildman–Crippen LogP) is 1.81. The number of benzene rings is 1. The van der Waals surface area contributed by atoms with Gasteiger partial charge in [-0.25, -0.2) is 9.97 Å². The van der Waals surface area contributed by atoms with E-state index >= 15 is 0 Å². The van der Waals surface area contributed by atoms with E-state index in [1.807, 2.05) is 30.3 Å². The van der Waals surface area contributed by atoms with Crippen LogP contribution in [0, 0.1) is 0 Å². The molecule has 1 aliphatic rings. The van der Waals surface area contributed by atoms with Crippen molar-refractivity contribution in [3.05, 3.63) is 48.8 Å².